The average molecular weight is 248 g/mol. The van der Waals surface area contributed by atoms with Gasteiger partial charge in [-0.25, -0.2) is 0 Å². The number of nitrogens with one attached hydrogen (secondary N) is 1. The maximum atomic E-state index is 11.9. The van der Waals surface area contributed by atoms with E-state index in [0.717, 1.165) is 19.3 Å². The van der Waals surface area contributed by atoms with Crippen molar-refractivity contribution in [1.82, 2.24) is 10.3 Å². The van der Waals surface area contributed by atoms with Crippen LogP contribution in [-0.4, -0.2) is 28.1 Å². The van der Waals surface area contributed by atoms with Crippen LogP contribution in [0.2, 0.25) is 0 Å². The van der Waals surface area contributed by atoms with E-state index in [4.69, 9.17) is 0 Å². The van der Waals surface area contributed by atoms with Crippen LogP contribution >= 0.6 is 0 Å². The lowest BCUT2D eigenvalue weighted by molar-refractivity contribution is -0.0109. The fourth-order valence-corrected chi connectivity index (χ4v) is 2.64. The molecule has 0 bridgehead atoms. The van der Waals surface area contributed by atoms with Crippen LogP contribution in [0.4, 0.5) is 0 Å². The molecular weight excluding hydrogens is 228 g/mol. The minimum absolute atomic E-state index is 0.149. The molecule has 4 nitrogen and oxygen atoms in total. The highest BCUT2D eigenvalue weighted by Crippen LogP contribution is 2.31. The van der Waals surface area contributed by atoms with Gasteiger partial charge in [0.15, 0.2) is 0 Å². The summed E-state index contributed by atoms with van der Waals surface area (Å²) in [7, 11) is 0. The predicted molar refractivity (Wildman–Crippen MR) is 69.2 cm³/mol. The summed E-state index contributed by atoms with van der Waals surface area (Å²) in [5.74, 6) is 0.380. The van der Waals surface area contributed by atoms with Gasteiger partial charge in [-0.05, 0) is 30.9 Å². The second kappa shape index (κ2) is 5.48. The molecule has 1 aliphatic carbocycles. The quantitative estimate of drug-likeness (QED) is 0.856. The first-order valence-corrected chi connectivity index (χ1v) is 6.50. The molecule has 1 fully saturated rings. The van der Waals surface area contributed by atoms with Crippen molar-refractivity contribution in [3.8, 4) is 0 Å². The molecule has 0 aliphatic heterocycles. The lowest BCUT2D eigenvalue weighted by Gasteiger charge is -2.35. The van der Waals surface area contributed by atoms with E-state index in [9.17, 15) is 9.90 Å². The van der Waals surface area contributed by atoms with Crippen molar-refractivity contribution in [3.05, 3.63) is 30.1 Å². The van der Waals surface area contributed by atoms with Gasteiger partial charge in [-0.15, -0.1) is 0 Å². The molecule has 1 aromatic heterocycles. The Morgan fingerprint density at radius 3 is 2.94 bits per heavy atom. The average Bonchev–Trinajstić information content (AvgIpc) is 2.37. The SMILES string of the molecule is CC1CCCC(O)(CNC(=O)c2ccncc2)C1. The van der Waals surface area contributed by atoms with Gasteiger partial charge in [-0.1, -0.05) is 19.8 Å². The minimum Gasteiger partial charge on any atom is -0.388 e. The molecule has 2 rings (SSSR count). The number of pyridine rings is 1. The number of aliphatic hydroxyl groups is 1. The molecule has 1 aliphatic rings. The van der Waals surface area contributed by atoms with E-state index in [2.05, 4.69) is 17.2 Å². The van der Waals surface area contributed by atoms with Crippen LogP contribution in [0, 0.1) is 5.92 Å². The van der Waals surface area contributed by atoms with Gasteiger partial charge in [0, 0.05) is 24.5 Å². The largest absolute Gasteiger partial charge is 0.388 e. The third-order valence-corrected chi connectivity index (χ3v) is 3.59. The molecular formula is C14H20N2O2. The Bertz CT molecular complexity index is 408. The first-order chi connectivity index (χ1) is 8.59. The van der Waals surface area contributed by atoms with Gasteiger partial charge >= 0.3 is 0 Å². The number of amides is 1. The van der Waals surface area contributed by atoms with Crippen LogP contribution in [0.15, 0.2) is 24.5 Å². The van der Waals surface area contributed by atoms with Gasteiger partial charge in [-0.2, -0.15) is 0 Å². The molecule has 18 heavy (non-hydrogen) atoms. The number of carbonyl (C=O) groups is 1. The Balaban J connectivity index is 1.89. The Morgan fingerprint density at radius 1 is 1.56 bits per heavy atom. The number of nitrogens with zero attached hydrogens (tertiary/aromatic N) is 1. The van der Waals surface area contributed by atoms with Crippen molar-refractivity contribution in [2.45, 2.75) is 38.2 Å². The lowest BCUT2D eigenvalue weighted by atomic mass is 9.79. The molecule has 2 atom stereocenters. The molecule has 2 N–H and O–H groups in total. The van der Waals surface area contributed by atoms with E-state index in [-0.39, 0.29) is 5.91 Å². The van der Waals surface area contributed by atoms with Crippen molar-refractivity contribution in [1.29, 1.82) is 0 Å². The summed E-state index contributed by atoms with van der Waals surface area (Å²) in [6.45, 7) is 2.48. The van der Waals surface area contributed by atoms with Gasteiger partial charge in [0.25, 0.3) is 5.91 Å². The highest BCUT2D eigenvalue weighted by Gasteiger charge is 2.32. The predicted octanol–water partition coefficient (Wildman–Crippen LogP) is 1.75. The molecule has 0 radical (unpaired) electrons. The topological polar surface area (TPSA) is 62.2 Å². The number of rotatable bonds is 3. The van der Waals surface area contributed by atoms with E-state index in [0.29, 0.717) is 18.0 Å². The summed E-state index contributed by atoms with van der Waals surface area (Å²) in [5, 5.41) is 13.2. The van der Waals surface area contributed by atoms with Crippen LogP contribution in [0.3, 0.4) is 0 Å². The van der Waals surface area contributed by atoms with Crippen molar-refractivity contribution in [2.24, 2.45) is 5.92 Å². The van der Waals surface area contributed by atoms with Crippen LogP contribution in [0.25, 0.3) is 0 Å². The maximum Gasteiger partial charge on any atom is 0.251 e. The zero-order valence-corrected chi connectivity index (χ0v) is 10.7. The molecule has 0 aromatic carbocycles. The fraction of sp³-hybridized carbons (Fsp3) is 0.571. The summed E-state index contributed by atoms with van der Waals surface area (Å²) < 4.78 is 0. The molecule has 2 unspecified atom stereocenters. The Labute approximate surface area is 107 Å². The van der Waals surface area contributed by atoms with Gasteiger partial charge < -0.3 is 10.4 Å². The molecule has 1 aromatic rings. The van der Waals surface area contributed by atoms with Crippen LogP contribution in [0.5, 0.6) is 0 Å². The Morgan fingerprint density at radius 2 is 2.28 bits per heavy atom. The highest BCUT2D eigenvalue weighted by atomic mass is 16.3. The first kappa shape index (κ1) is 13.0. The van der Waals surface area contributed by atoms with E-state index in [1.165, 1.54) is 6.42 Å². The molecule has 1 heterocycles. The van der Waals surface area contributed by atoms with Gasteiger partial charge in [-0.3, -0.25) is 9.78 Å². The molecule has 0 spiro atoms. The smallest absolute Gasteiger partial charge is 0.251 e. The summed E-state index contributed by atoms with van der Waals surface area (Å²) >= 11 is 0. The summed E-state index contributed by atoms with van der Waals surface area (Å²) in [6.07, 6.45) is 6.92. The van der Waals surface area contributed by atoms with Crippen molar-refractivity contribution < 1.29 is 9.90 Å². The van der Waals surface area contributed by atoms with Gasteiger partial charge in [0.2, 0.25) is 0 Å². The fourth-order valence-electron chi connectivity index (χ4n) is 2.64. The molecule has 0 saturated heterocycles. The van der Waals surface area contributed by atoms with Crippen molar-refractivity contribution in [2.75, 3.05) is 6.54 Å². The Hall–Kier alpha value is -1.42. The van der Waals surface area contributed by atoms with Crippen LogP contribution < -0.4 is 5.32 Å². The summed E-state index contributed by atoms with van der Waals surface area (Å²) in [5.41, 5.74) is -0.155. The third kappa shape index (κ3) is 3.29. The Kier molecular flexibility index (Phi) is 3.97. The molecule has 1 saturated carbocycles. The normalized spacial score (nSPS) is 27.8. The number of hydrogen-bond donors (Lipinski definition) is 2. The van der Waals surface area contributed by atoms with Crippen molar-refractivity contribution in [3.63, 3.8) is 0 Å². The first-order valence-electron chi connectivity index (χ1n) is 6.50. The van der Waals surface area contributed by atoms with Crippen LogP contribution in [0.1, 0.15) is 43.0 Å². The van der Waals surface area contributed by atoms with Crippen molar-refractivity contribution >= 4 is 5.91 Å². The standard InChI is InChI=1S/C14H20N2O2/c1-11-3-2-6-14(18,9-11)10-16-13(17)12-4-7-15-8-5-12/h4-5,7-8,11,18H,2-3,6,9-10H2,1H3,(H,16,17). The van der Waals surface area contributed by atoms with E-state index in [1.54, 1.807) is 24.5 Å². The van der Waals surface area contributed by atoms with E-state index >= 15 is 0 Å². The number of hydrogen-bond acceptors (Lipinski definition) is 3. The second-order valence-corrected chi connectivity index (χ2v) is 5.34. The third-order valence-electron chi connectivity index (χ3n) is 3.59. The lowest BCUT2D eigenvalue weighted by Crippen LogP contribution is -2.45. The second-order valence-electron chi connectivity index (χ2n) is 5.34. The molecule has 98 valence electrons. The number of aromatic nitrogens is 1. The van der Waals surface area contributed by atoms with Gasteiger partial charge in [0.05, 0.1) is 5.60 Å². The maximum absolute atomic E-state index is 11.9. The zero-order chi connectivity index (χ0) is 13.0. The monoisotopic (exact) mass is 248 g/mol. The molecule has 1 amide bonds. The van der Waals surface area contributed by atoms with E-state index < -0.39 is 5.60 Å². The minimum atomic E-state index is -0.736. The summed E-state index contributed by atoms with van der Waals surface area (Å²) in [6, 6.07) is 3.34. The highest BCUT2D eigenvalue weighted by molar-refractivity contribution is 5.93. The van der Waals surface area contributed by atoms with Crippen LogP contribution in [-0.2, 0) is 0 Å². The van der Waals surface area contributed by atoms with Gasteiger partial charge in [0.1, 0.15) is 0 Å². The number of carbonyl (C=O) groups excluding carboxylic acids is 1. The molecule has 4 heteroatoms. The van der Waals surface area contributed by atoms with E-state index in [1.807, 2.05) is 0 Å². The zero-order valence-electron chi connectivity index (χ0n) is 10.7. The summed E-state index contributed by atoms with van der Waals surface area (Å²) in [4.78, 5) is 15.7.